The molecule has 4 aromatic carbocycles. The molecular formula is C34H33N5O3. The molecule has 0 aliphatic carbocycles. The molecule has 42 heavy (non-hydrogen) atoms. The Morgan fingerprint density at radius 2 is 1.69 bits per heavy atom. The summed E-state index contributed by atoms with van der Waals surface area (Å²) in [5, 5.41) is 0. The third kappa shape index (κ3) is 5.56. The average molecular weight is 560 g/mol. The fraction of sp³-hybridized carbons (Fsp3) is 0.206. The minimum Gasteiger partial charge on any atom is -0.457 e. The van der Waals surface area contributed by atoms with Crippen LogP contribution in [0.3, 0.4) is 0 Å². The maximum atomic E-state index is 13.6. The number of benzene rings is 4. The van der Waals surface area contributed by atoms with E-state index in [-0.39, 0.29) is 18.5 Å². The molecule has 1 aliphatic heterocycles. The van der Waals surface area contributed by atoms with Gasteiger partial charge in [0.1, 0.15) is 23.9 Å². The fourth-order valence-electron chi connectivity index (χ4n) is 5.64. The van der Waals surface area contributed by atoms with E-state index in [0.29, 0.717) is 35.7 Å². The Bertz CT molecular complexity index is 1760. The van der Waals surface area contributed by atoms with Crippen molar-refractivity contribution in [2.75, 3.05) is 24.5 Å². The van der Waals surface area contributed by atoms with Crippen LogP contribution in [0.2, 0.25) is 0 Å². The topological polar surface area (TPSA) is 93.7 Å². The predicted molar refractivity (Wildman–Crippen MR) is 165 cm³/mol. The molecule has 1 unspecified atom stereocenters. The van der Waals surface area contributed by atoms with Gasteiger partial charge in [0.15, 0.2) is 0 Å². The lowest BCUT2D eigenvalue weighted by Crippen LogP contribution is -2.53. The van der Waals surface area contributed by atoms with Crippen LogP contribution < -0.4 is 15.4 Å². The maximum Gasteiger partial charge on any atom is 0.254 e. The van der Waals surface area contributed by atoms with Gasteiger partial charge in [-0.3, -0.25) is 9.59 Å². The zero-order valence-electron chi connectivity index (χ0n) is 23.7. The molecule has 2 amide bonds. The zero-order valence-corrected chi connectivity index (χ0v) is 23.7. The van der Waals surface area contributed by atoms with Crippen LogP contribution in [-0.2, 0) is 11.3 Å². The molecule has 2 heterocycles. The maximum absolute atomic E-state index is 13.6. The molecule has 0 spiro atoms. The van der Waals surface area contributed by atoms with E-state index in [4.69, 9.17) is 15.5 Å². The number of aromatic nitrogens is 2. The van der Waals surface area contributed by atoms with Gasteiger partial charge in [-0.05, 0) is 74.0 Å². The summed E-state index contributed by atoms with van der Waals surface area (Å²) in [5.41, 5.74) is 10.7. The number of amides is 2. The van der Waals surface area contributed by atoms with Gasteiger partial charge in [0.05, 0.1) is 11.0 Å². The molecule has 0 saturated carbocycles. The van der Waals surface area contributed by atoms with E-state index in [1.807, 2.05) is 65.6 Å². The molecule has 1 saturated heterocycles. The van der Waals surface area contributed by atoms with Crippen molar-refractivity contribution in [1.82, 2.24) is 14.5 Å². The Morgan fingerprint density at radius 1 is 0.905 bits per heavy atom. The first-order valence-electron chi connectivity index (χ1n) is 14.1. The lowest BCUT2D eigenvalue weighted by Gasteiger charge is -2.41. The molecule has 8 nitrogen and oxygen atoms in total. The summed E-state index contributed by atoms with van der Waals surface area (Å²) in [5.74, 6) is 1.43. The standard InChI is InChI=1S/C34H33N5O3/c1-23-8-6-10-27(18-23)38-17-16-37(21-24(38)2)34(41)26-14-15-31-30(20-26)36-33(39(31)22-32(35)40)25-9-7-13-29(19-25)42-28-11-4-3-5-12-28/h3-15,18-20,24H,16-17,21-22H2,1-2H3,(H2,35,40). The number of hydrogen-bond donors (Lipinski definition) is 1. The lowest BCUT2D eigenvalue weighted by atomic mass is 10.1. The number of rotatable bonds is 7. The molecule has 1 fully saturated rings. The van der Waals surface area contributed by atoms with E-state index in [0.717, 1.165) is 23.4 Å². The number of anilines is 1. The molecular weight excluding hydrogens is 526 g/mol. The number of imidazole rings is 1. The number of fused-ring (bicyclic) bond motifs is 1. The normalized spacial score (nSPS) is 15.1. The minimum atomic E-state index is -0.479. The van der Waals surface area contributed by atoms with Gasteiger partial charge in [0, 0.05) is 42.5 Å². The molecule has 0 radical (unpaired) electrons. The van der Waals surface area contributed by atoms with Crippen molar-refractivity contribution in [1.29, 1.82) is 0 Å². The second-order valence-corrected chi connectivity index (χ2v) is 10.8. The van der Waals surface area contributed by atoms with E-state index >= 15 is 0 Å². The Kier molecular flexibility index (Phi) is 7.35. The average Bonchev–Trinajstić information content (AvgIpc) is 3.34. The van der Waals surface area contributed by atoms with E-state index in [2.05, 4.69) is 43.0 Å². The van der Waals surface area contributed by atoms with E-state index in [9.17, 15) is 9.59 Å². The summed E-state index contributed by atoms with van der Waals surface area (Å²) in [7, 11) is 0. The van der Waals surface area contributed by atoms with Gasteiger partial charge in [0.2, 0.25) is 5.91 Å². The third-order valence-corrected chi connectivity index (χ3v) is 7.63. The molecule has 2 N–H and O–H groups in total. The summed E-state index contributed by atoms with van der Waals surface area (Å²) in [4.78, 5) is 34.8. The second kappa shape index (κ2) is 11.4. The highest BCUT2D eigenvalue weighted by Gasteiger charge is 2.28. The van der Waals surface area contributed by atoms with Crippen LogP contribution in [0.4, 0.5) is 5.69 Å². The van der Waals surface area contributed by atoms with Crippen molar-refractivity contribution < 1.29 is 14.3 Å². The third-order valence-electron chi connectivity index (χ3n) is 7.63. The second-order valence-electron chi connectivity index (χ2n) is 10.8. The minimum absolute atomic E-state index is 0.0306. The van der Waals surface area contributed by atoms with Crippen molar-refractivity contribution in [2.24, 2.45) is 5.73 Å². The molecule has 0 bridgehead atoms. The number of hydrogen-bond acceptors (Lipinski definition) is 5. The van der Waals surface area contributed by atoms with Gasteiger partial charge >= 0.3 is 0 Å². The Hall–Kier alpha value is -5.11. The predicted octanol–water partition coefficient (Wildman–Crippen LogP) is 5.64. The van der Waals surface area contributed by atoms with Crippen molar-refractivity contribution in [3.05, 3.63) is 108 Å². The highest BCUT2D eigenvalue weighted by Crippen LogP contribution is 2.30. The zero-order chi connectivity index (χ0) is 29.2. The first kappa shape index (κ1) is 27.1. The van der Waals surface area contributed by atoms with Gasteiger partial charge in [0.25, 0.3) is 5.91 Å². The number of piperazine rings is 1. The van der Waals surface area contributed by atoms with Gasteiger partial charge in [-0.1, -0.05) is 42.5 Å². The molecule has 212 valence electrons. The molecule has 5 aromatic rings. The van der Waals surface area contributed by atoms with Gasteiger partial charge in [-0.25, -0.2) is 4.98 Å². The molecule has 1 aromatic heterocycles. The van der Waals surface area contributed by atoms with Gasteiger partial charge in [-0.15, -0.1) is 0 Å². The van der Waals surface area contributed by atoms with Gasteiger partial charge in [-0.2, -0.15) is 0 Å². The van der Waals surface area contributed by atoms with Crippen LogP contribution >= 0.6 is 0 Å². The number of aryl methyl sites for hydroxylation is 1. The first-order chi connectivity index (χ1) is 20.4. The fourth-order valence-corrected chi connectivity index (χ4v) is 5.64. The molecule has 6 rings (SSSR count). The van der Waals surface area contributed by atoms with Crippen molar-refractivity contribution >= 4 is 28.5 Å². The molecule has 1 aliphatic rings. The Balaban J connectivity index is 1.27. The summed E-state index contributed by atoms with van der Waals surface area (Å²) < 4.78 is 7.81. The SMILES string of the molecule is Cc1cccc(N2CCN(C(=O)c3ccc4c(c3)nc(-c3cccc(Oc5ccccc5)c3)n4CC(N)=O)CC2C)c1. The summed E-state index contributed by atoms with van der Waals surface area (Å²) in [6.45, 7) is 6.22. The van der Waals surface area contributed by atoms with Crippen LogP contribution in [0.25, 0.3) is 22.4 Å². The number of ether oxygens (including phenoxy) is 1. The Labute approximate surface area is 244 Å². The molecule has 1 atom stereocenters. The van der Waals surface area contributed by atoms with Crippen molar-refractivity contribution in [3.8, 4) is 22.9 Å². The number of nitrogens with zero attached hydrogens (tertiary/aromatic N) is 4. The van der Waals surface area contributed by atoms with Crippen LogP contribution in [-0.4, -0.2) is 51.9 Å². The smallest absolute Gasteiger partial charge is 0.254 e. The van der Waals surface area contributed by atoms with E-state index in [1.54, 1.807) is 16.7 Å². The Morgan fingerprint density at radius 3 is 2.45 bits per heavy atom. The number of nitrogens with two attached hydrogens (primary N) is 1. The van der Waals surface area contributed by atoms with Crippen LogP contribution in [0.15, 0.2) is 97.1 Å². The van der Waals surface area contributed by atoms with Crippen LogP contribution in [0.1, 0.15) is 22.8 Å². The number of carbonyl (C=O) groups is 2. The lowest BCUT2D eigenvalue weighted by molar-refractivity contribution is -0.118. The highest BCUT2D eigenvalue weighted by atomic mass is 16.5. The first-order valence-corrected chi connectivity index (χ1v) is 14.1. The van der Waals surface area contributed by atoms with Gasteiger partial charge < -0.3 is 24.8 Å². The largest absolute Gasteiger partial charge is 0.457 e. The number of para-hydroxylation sites is 1. The number of carbonyl (C=O) groups excluding carboxylic acids is 2. The van der Waals surface area contributed by atoms with Crippen molar-refractivity contribution in [2.45, 2.75) is 26.4 Å². The quantitative estimate of drug-likeness (QED) is 0.279. The number of primary amides is 1. The summed E-state index contributed by atoms with van der Waals surface area (Å²) in [6.07, 6.45) is 0. The van der Waals surface area contributed by atoms with E-state index in [1.165, 1.54) is 11.3 Å². The van der Waals surface area contributed by atoms with Crippen LogP contribution in [0, 0.1) is 6.92 Å². The molecule has 8 heteroatoms. The summed E-state index contributed by atoms with van der Waals surface area (Å²) in [6, 6.07) is 31.2. The summed E-state index contributed by atoms with van der Waals surface area (Å²) >= 11 is 0. The van der Waals surface area contributed by atoms with Crippen LogP contribution in [0.5, 0.6) is 11.5 Å². The van der Waals surface area contributed by atoms with E-state index < -0.39 is 5.91 Å². The monoisotopic (exact) mass is 559 g/mol. The van der Waals surface area contributed by atoms with Crippen molar-refractivity contribution in [3.63, 3.8) is 0 Å². The highest BCUT2D eigenvalue weighted by molar-refractivity contribution is 5.98.